The van der Waals surface area contributed by atoms with Gasteiger partial charge in [0.25, 0.3) is 0 Å². The Balaban J connectivity index is 1.72. The van der Waals surface area contributed by atoms with Crippen LogP contribution in [-0.4, -0.2) is 35.0 Å². The lowest BCUT2D eigenvalue weighted by Crippen LogP contribution is -2.39. The molecule has 5 nitrogen and oxygen atoms in total. The van der Waals surface area contributed by atoms with Gasteiger partial charge in [0.2, 0.25) is 5.13 Å². The Bertz CT molecular complexity index is 629. The van der Waals surface area contributed by atoms with E-state index in [1.807, 2.05) is 37.3 Å². The minimum Gasteiger partial charge on any atom is -0.466 e. The SMILES string of the molecule is CCOC(=O)[C@H]1CCCN(c2nc(-c3ccccc3)ns2)C1. The number of carbonyl (C=O) groups excluding carboxylic acids is 1. The van der Waals surface area contributed by atoms with Crippen LogP contribution in [0.4, 0.5) is 5.13 Å². The number of benzene rings is 1. The van der Waals surface area contributed by atoms with Crippen LogP contribution in [0, 0.1) is 5.92 Å². The Morgan fingerprint density at radius 2 is 2.23 bits per heavy atom. The van der Waals surface area contributed by atoms with E-state index in [9.17, 15) is 4.79 Å². The van der Waals surface area contributed by atoms with E-state index < -0.39 is 0 Å². The average molecular weight is 317 g/mol. The van der Waals surface area contributed by atoms with E-state index in [2.05, 4.69) is 14.3 Å². The second-order valence-corrected chi connectivity index (χ2v) is 6.03. The number of rotatable bonds is 4. The minimum atomic E-state index is -0.0972. The van der Waals surface area contributed by atoms with Gasteiger partial charge in [0.1, 0.15) is 0 Å². The van der Waals surface area contributed by atoms with Crippen LogP contribution in [0.5, 0.6) is 0 Å². The van der Waals surface area contributed by atoms with Crippen molar-refractivity contribution in [1.29, 1.82) is 0 Å². The number of anilines is 1. The fourth-order valence-corrected chi connectivity index (χ4v) is 3.37. The second-order valence-electron chi connectivity index (χ2n) is 5.30. The van der Waals surface area contributed by atoms with Crippen molar-refractivity contribution in [3.8, 4) is 11.4 Å². The number of esters is 1. The maximum atomic E-state index is 11.9. The van der Waals surface area contributed by atoms with E-state index in [1.165, 1.54) is 11.5 Å². The molecule has 2 heterocycles. The Morgan fingerprint density at radius 1 is 1.41 bits per heavy atom. The summed E-state index contributed by atoms with van der Waals surface area (Å²) in [6.07, 6.45) is 1.86. The van der Waals surface area contributed by atoms with E-state index in [1.54, 1.807) is 0 Å². The van der Waals surface area contributed by atoms with Crippen molar-refractivity contribution in [2.75, 3.05) is 24.6 Å². The quantitative estimate of drug-likeness (QED) is 0.811. The molecule has 1 aliphatic heterocycles. The minimum absolute atomic E-state index is 0.0576. The number of carbonyl (C=O) groups is 1. The third-order valence-electron chi connectivity index (χ3n) is 3.76. The zero-order chi connectivity index (χ0) is 15.4. The molecule has 1 fully saturated rings. The van der Waals surface area contributed by atoms with Crippen LogP contribution in [0.1, 0.15) is 19.8 Å². The molecule has 0 spiro atoms. The molecule has 116 valence electrons. The van der Waals surface area contributed by atoms with Crippen LogP contribution in [0.25, 0.3) is 11.4 Å². The molecular weight excluding hydrogens is 298 g/mol. The fraction of sp³-hybridized carbons (Fsp3) is 0.438. The number of aromatic nitrogens is 2. The van der Waals surface area contributed by atoms with Gasteiger partial charge >= 0.3 is 5.97 Å². The number of hydrogen-bond acceptors (Lipinski definition) is 6. The Morgan fingerprint density at radius 3 is 3.00 bits per heavy atom. The first-order chi connectivity index (χ1) is 10.8. The van der Waals surface area contributed by atoms with Gasteiger partial charge < -0.3 is 9.64 Å². The molecule has 3 rings (SSSR count). The standard InChI is InChI=1S/C16H19N3O2S/c1-2-21-15(20)13-9-6-10-19(11-13)16-17-14(18-22-16)12-7-4-3-5-8-12/h3-5,7-8,13H,2,6,9-11H2,1H3/t13-/m0/s1. The summed E-state index contributed by atoms with van der Waals surface area (Å²) >= 11 is 1.39. The van der Waals surface area contributed by atoms with Gasteiger partial charge in [-0.05, 0) is 19.8 Å². The van der Waals surface area contributed by atoms with Gasteiger partial charge in [0, 0.05) is 30.2 Å². The van der Waals surface area contributed by atoms with E-state index in [0.717, 1.165) is 35.9 Å². The molecule has 0 bridgehead atoms. The second kappa shape index (κ2) is 6.87. The lowest BCUT2D eigenvalue weighted by molar-refractivity contribution is -0.148. The van der Waals surface area contributed by atoms with Gasteiger partial charge in [-0.15, -0.1) is 0 Å². The molecule has 1 aromatic carbocycles. The summed E-state index contributed by atoms with van der Waals surface area (Å²) < 4.78 is 9.58. The zero-order valence-corrected chi connectivity index (χ0v) is 13.4. The van der Waals surface area contributed by atoms with E-state index >= 15 is 0 Å². The maximum Gasteiger partial charge on any atom is 0.310 e. The largest absolute Gasteiger partial charge is 0.466 e. The van der Waals surface area contributed by atoms with Crippen LogP contribution in [-0.2, 0) is 9.53 Å². The van der Waals surface area contributed by atoms with Crippen LogP contribution < -0.4 is 4.90 Å². The summed E-state index contributed by atoms with van der Waals surface area (Å²) in [5.41, 5.74) is 1.02. The fourth-order valence-electron chi connectivity index (χ4n) is 2.65. The van der Waals surface area contributed by atoms with Gasteiger partial charge in [-0.3, -0.25) is 4.79 Å². The Kier molecular flexibility index (Phi) is 4.68. The first-order valence-corrected chi connectivity index (χ1v) is 8.36. The molecule has 1 saturated heterocycles. The maximum absolute atomic E-state index is 11.9. The molecule has 6 heteroatoms. The summed E-state index contributed by atoms with van der Waals surface area (Å²) in [5.74, 6) is 0.594. The van der Waals surface area contributed by atoms with Crippen LogP contribution in [0.2, 0.25) is 0 Å². The molecule has 1 aromatic heterocycles. The highest BCUT2D eigenvalue weighted by Crippen LogP contribution is 2.28. The van der Waals surface area contributed by atoms with Crippen LogP contribution in [0.15, 0.2) is 30.3 Å². The molecule has 0 saturated carbocycles. The highest BCUT2D eigenvalue weighted by molar-refractivity contribution is 7.09. The van der Waals surface area contributed by atoms with Gasteiger partial charge in [-0.25, -0.2) is 0 Å². The third kappa shape index (κ3) is 3.27. The van der Waals surface area contributed by atoms with Crippen molar-refractivity contribution in [1.82, 2.24) is 9.36 Å². The van der Waals surface area contributed by atoms with Crippen molar-refractivity contribution in [2.24, 2.45) is 5.92 Å². The van der Waals surface area contributed by atoms with Crippen molar-refractivity contribution in [3.05, 3.63) is 30.3 Å². The van der Waals surface area contributed by atoms with Crippen molar-refractivity contribution >= 4 is 22.6 Å². The first-order valence-electron chi connectivity index (χ1n) is 7.58. The monoisotopic (exact) mass is 317 g/mol. The lowest BCUT2D eigenvalue weighted by Gasteiger charge is -2.30. The van der Waals surface area contributed by atoms with Crippen molar-refractivity contribution in [3.63, 3.8) is 0 Å². The number of piperidine rings is 1. The molecule has 22 heavy (non-hydrogen) atoms. The molecule has 1 aliphatic rings. The predicted molar refractivity (Wildman–Crippen MR) is 86.9 cm³/mol. The molecule has 0 aliphatic carbocycles. The summed E-state index contributed by atoms with van der Waals surface area (Å²) in [5, 5.41) is 0.882. The molecule has 2 aromatic rings. The molecule has 0 unspecified atom stereocenters. The van der Waals surface area contributed by atoms with Gasteiger partial charge in [0.05, 0.1) is 12.5 Å². The highest BCUT2D eigenvalue weighted by Gasteiger charge is 2.28. The molecule has 1 atom stereocenters. The lowest BCUT2D eigenvalue weighted by atomic mass is 9.99. The Labute approximate surface area is 134 Å². The van der Waals surface area contributed by atoms with Gasteiger partial charge in [-0.2, -0.15) is 9.36 Å². The average Bonchev–Trinajstić information content (AvgIpc) is 3.06. The smallest absolute Gasteiger partial charge is 0.310 e. The van der Waals surface area contributed by atoms with E-state index in [-0.39, 0.29) is 11.9 Å². The van der Waals surface area contributed by atoms with Crippen molar-refractivity contribution < 1.29 is 9.53 Å². The molecule has 0 radical (unpaired) electrons. The summed E-state index contributed by atoms with van der Waals surface area (Å²) in [6.45, 7) is 3.86. The number of nitrogens with zero attached hydrogens (tertiary/aromatic N) is 3. The topological polar surface area (TPSA) is 55.3 Å². The summed E-state index contributed by atoms with van der Waals surface area (Å²) in [6, 6.07) is 9.94. The number of hydrogen-bond donors (Lipinski definition) is 0. The molecule has 0 amide bonds. The summed E-state index contributed by atoms with van der Waals surface area (Å²) in [7, 11) is 0. The summed E-state index contributed by atoms with van der Waals surface area (Å²) in [4.78, 5) is 18.7. The highest BCUT2D eigenvalue weighted by atomic mass is 32.1. The van der Waals surface area contributed by atoms with Crippen LogP contribution >= 0.6 is 11.5 Å². The predicted octanol–water partition coefficient (Wildman–Crippen LogP) is 2.98. The number of ether oxygens (including phenoxy) is 1. The van der Waals surface area contributed by atoms with Crippen LogP contribution in [0.3, 0.4) is 0 Å². The Hall–Kier alpha value is -1.95. The van der Waals surface area contributed by atoms with Crippen molar-refractivity contribution in [2.45, 2.75) is 19.8 Å². The van der Waals surface area contributed by atoms with Gasteiger partial charge in [-0.1, -0.05) is 30.3 Å². The molecule has 0 N–H and O–H groups in total. The first kappa shape index (κ1) is 15.0. The molecular formula is C16H19N3O2S. The zero-order valence-electron chi connectivity index (χ0n) is 12.6. The normalized spacial score (nSPS) is 18.2. The third-order valence-corrected chi connectivity index (χ3v) is 4.54. The van der Waals surface area contributed by atoms with E-state index in [0.29, 0.717) is 13.2 Å². The van der Waals surface area contributed by atoms with E-state index in [4.69, 9.17) is 4.74 Å². The van der Waals surface area contributed by atoms with Gasteiger partial charge in [0.15, 0.2) is 5.82 Å².